The highest BCUT2D eigenvalue weighted by molar-refractivity contribution is 7.15. The van der Waals surface area contributed by atoms with E-state index in [1.807, 2.05) is 24.3 Å². The fourth-order valence-electron chi connectivity index (χ4n) is 2.76. The highest BCUT2D eigenvalue weighted by atomic mass is 32.1. The number of benzene rings is 2. The lowest BCUT2D eigenvalue weighted by Crippen LogP contribution is -2.06. The van der Waals surface area contributed by atoms with Crippen LogP contribution < -0.4 is 10.7 Å². The van der Waals surface area contributed by atoms with Gasteiger partial charge in [0, 0.05) is 17.5 Å². The number of rotatable bonds is 1. The molecule has 0 saturated carbocycles. The van der Waals surface area contributed by atoms with Crippen molar-refractivity contribution >= 4 is 16.5 Å². The minimum Gasteiger partial charge on any atom is -0.278 e. The van der Waals surface area contributed by atoms with Crippen molar-refractivity contribution in [3.05, 3.63) is 58.7 Å². The molecule has 0 unspecified atom stereocenters. The van der Waals surface area contributed by atoms with Gasteiger partial charge < -0.3 is 0 Å². The van der Waals surface area contributed by atoms with Crippen molar-refractivity contribution in [2.45, 2.75) is 6.42 Å². The average molecular weight is 283 g/mol. The maximum Gasteiger partial charge on any atom is 0.330 e. The van der Waals surface area contributed by atoms with Crippen LogP contribution in [0.3, 0.4) is 0 Å². The van der Waals surface area contributed by atoms with Crippen molar-refractivity contribution in [1.82, 2.24) is 0 Å². The van der Waals surface area contributed by atoms with Crippen LogP contribution in [0.2, 0.25) is 0 Å². The van der Waals surface area contributed by atoms with Gasteiger partial charge in [0.05, 0.1) is 4.88 Å². The number of nitrogen functional groups attached to an aromatic ring is 1. The third kappa shape index (κ3) is 1.65. The monoisotopic (exact) mass is 283 g/mol. The van der Waals surface area contributed by atoms with Crippen molar-refractivity contribution in [1.29, 1.82) is 0 Å². The van der Waals surface area contributed by atoms with Crippen molar-refractivity contribution in [2.24, 2.45) is 0 Å². The summed E-state index contributed by atoms with van der Waals surface area (Å²) in [5.41, 5.74) is 10.9. The standard InChI is InChI=1S/C16H11FN2S/c17-13-4-2-1-3-11(13)9-5-6-12-10(7-9)8-14-15(12)19-16(18)20-14/h1-7H,8H2,(H2,18,19)/p+1. The van der Waals surface area contributed by atoms with E-state index in [1.165, 1.54) is 22.1 Å². The van der Waals surface area contributed by atoms with Crippen molar-refractivity contribution < 1.29 is 9.37 Å². The topological polar surface area (TPSA) is 40.2 Å². The van der Waals surface area contributed by atoms with Gasteiger partial charge in [0.25, 0.3) is 0 Å². The first-order valence-electron chi connectivity index (χ1n) is 6.41. The second-order valence-corrected chi connectivity index (χ2v) is 6.05. The second-order valence-electron chi connectivity index (χ2n) is 4.92. The van der Waals surface area contributed by atoms with Crippen LogP contribution in [-0.4, -0.2) is 0 Å². The van der Waals surface area contributed by atoms with Crippen LogP contribution in [0.15, 0.2) is 42.5 Å². The largest absolute Gasteiger partial charge is 0.330 e. The molecule has 98 valence electrons. The normalized spacial score (nSPS) is 12.2. The van der Waals surface area contributed by atoms with E-state index in [4.69, 9.17) is 5.73 Å². The minimum absolute atomic E-state index is 0.184. The number of aromatic amines is 1. The highest BCUT2D eigenvalue weighted by Crippen LogP contribution is 2.39. The summed E-state index contributed by atoms with van der Waals surface area (Å²) in [6.07, 6.45) is 0.866. The number of thiazole rings is 1. The molecule has 1 heterocycles. The first-order valence-corrected chi connectivity index (χ1v) is 7.22. The first-order chi connectivity index (χ1) is 9.72. The molecule has 0 fully saturated rings. The molecule has 20 heavy (non-hydrogen) atoms. The number of H-pyrrole nitrogens is 1. The maximum absolute atomic E-state index is 13.9. The van der Waals surface area contributed by atoms with Gasteiger partial charge in [0.1, 0.15) is 11.5 Å². The molecule has 0 spiro atoms. The number of nitrogens with two attached hydrogens (primary N) is 1. The average Bonchev–Trinajstić information content (AvgIpc) is 2.94. The van der Waals surface area contributed by atoms with Gasteiger partial charge in [0.2, 0.25) is 0 Å². The molecule has 2 nitrogen and oxygen atoms in total. The quantitative estimate of drug-likeness (QED) is 0.570. The zero-order valence-corrected chi connectivity index (χ0v) is 11.4. The Balaban J connectivity index is 1.84. The molecule has 4 rings (SSSR count). The number of hydrogen-bond acceptors (Lipinski definition) is 2. The Labute approximate surface area is 119 Å². The fraction of sp³-hybridized carbons (Fsp3) is 0.0625. The summed E-state index contributed by atoms with van der Waals surface area (Å²) in [7, 11) is 0. The molecule has 1 aliphatic rings. The van der Waals surface area contributed by atoms with Crippen LogP contribution in [0, 0.1) is 5.82 Å². The van der Waals surface area contributed by atoms with Crippen LogP contribution in [0.5, 0.6) is 0 Å². The van der Waals surface area contributed by atoms with E-state index in [2.05, 4.69) is 11.1 Å². The van der Waals surface area contributed by atoms with E-state index in [1.54, 1.807) is 17.4 Å². The van der Waals surface area contributed by atoms with Gasteiger partial charge in [-0.2, -0.15) is 0 Å². The molecule has 3 aromatic rings. The van der Waals surface area contributed by atoms with Crippen LogP contribution in [-0.2, 0) is 6.42 Å². The number of nitrogens with one attached hydrogen (secondary N) is 1. The molecule has 0 saturated heterocycles. The van der Waals surface area contributed by atoms with E-state index >= 15 is 0 Å². The molecule has 2 aromatic carbocycles. The number of hydrogen-bond donors (Lipinski definition) is 1. The van der Waals surface area contributed by atoms with Crippen LogP contribution in [0.25, 0.3) is 22.4 Å². The molecule has 1 aliphatic carbocycles. The van der Waals surface area contributed by atoms with Crippen LogP contribution >= 0.6 is 11.3 Å². The van der Waals surface area contributed by atoms with Crippen LogP contribution in [0.4, 0.5) is 9.52 Å². The summed E-state index contributed by atoms with van der Waals surface area (Å²) < 4.78 is 13.9. The highest BCUT2D eigenvalue weighted by Gasteiger charge is 2.26. The van der Waals surface area contributed by atoms with E-state index in [-0.39, 0.29) is 5.82 Å². The van der Waals surface area contributed by atoms with Crippen molar-refractivity contribution in [3.8, 4) is 22.4 Å². The van der Waals surface area contributed by atoms with Gasteiger partial charge in [0.15, 0.2) is 0 Å². The summed E-state index contributed by atoms with van der Waals surface area (Å²) >= 11 is 1.59. The summed E-state index contributed by atoms with van der Waals surface area (Å²) in [6.45, 7) is 0. The summed E-state index contributed by atoms with van der Waals surface area (Å²) in [5, 5.41) is 0.735. The molecule has 0 aliphatic heterocycles. The smallest absolute Gasteiger partial charge is 0.278 e. The maximum atomic E-state index is 13.9. The predicted molar refractivity (Wildman–Crippen MR) is 78.9 cm³/mol. The Morgan fingerprint density at radius 1 is 1.10 bits per heavy atom. The molecule has 0 amide bonds. The third-order valence-corrected chi connectivity index (χ3v) is 4.59. The number of halogens is 1. The fourth-order valence-corrected chi connectivity index (χ4v) is 3.67. The zero-order valence-electron chi connectivity index (χ0n) is 10.6. The molecule has 1 aromatic heterocycles. The summed E-state index contributed by atoms with van der Waals surface area (Å²) in [4.78, 5) is 4.46. The van der Waals surface area contributed by atoms with E-state index in [9.17, 15) is 4.39 Å². The van der Waals surface area contributed by atoms with Gasteiger partial charge in [-0.05, 0) is 29.3 Å². The zero-order chi connectivity index (χ0) is 13.7. The van der Waals surface area contributed by atoms with Gasteiger partial charge in [-0.1, -0.05) is 35.6 Å². The molecule has 0 atom stereocenters. The minimum atomic E-state index is -0.184. The first kappa shape index (κ1) is 11.6. The SMILES string of the molecule is Nc1[nH+]c2c(s1)Cc1cc(-c3ccccc3F)ccc1-2. The Hall–Kier alpha value is -2.20. The lowest BCUT2D eigenvalue weighted by Gasteiger charge is -2.06. The Kier molecular flexibility index (Phi) is 2.41. The lowest BCUT2D eigenvalue weighted by atomic mass is 10.00. The van der Waals surface area contributed by atoms with E-state index < -0.39 is 0 Å². The second kappa shape index (κ2) is 4.15. The Bertz CT molecular complexity index is 823. The summed E-state index contributed by atoms with van der Waals surface area (Å²) in [5.74, 6) is -0.184. The lowest BCUT2D eigenvalue weighted by molar-refractivity contribution is -0.340. The number of aromatic nitrogens is 1. The van der Waals surface area contributed by atoms with Gasteiger partial charge >= 0.3 is 5.13 Å². The Morgan fingerprint density at radius 2 is 1.95 bits per heavy atom. The van der Waals surface area contributed by atoms with Gasteiger partial charge in [-0.3, -0.25) is 5.73 Å². The summed E-state index contributed by atoms with van der Waals surface area (Å²) in [6, 6.07) is 13.0. The number of anilines is 1. The predicted octanol–water partition coefficient (Wildman–Crippen LogP) is 3.52. The molecule has 0 bridgehead atoms. The molecule has 4 heteroatoms. The van der Waals surface area contributed by atoms with Crippen LogP contribution in [0.1, 0.15) is 10.4 Å². The van der Waals surface area contributed by atoms with E-state index in [0.717, 1.165) is 22.8 Å². The van der Waals surface area contributed by atoms with Crippen molar-refractivity contribution in [3.63, 3.8) is 0 Å². The van der Waals surface area contributed by atoms with Gasteiger partial charge in [-0.15, -0.1) is 0 Å². The third-order valence-electron chi connectivity index (χ3n) is 3.67. The van der Waals surface area contributed by atoms with Gasteiger partial charge in [-0.25, -0.2) is 9.37 Å². The number of fused-ring (bicyclic) bond motifs is 3. The Morgan fingerprint density at radius 3 is 2.80 bits per heavy atom. The molecule has 3 N–H and O–H groups in total. The van der Waals surface area contributed by atoms with E-state index in [0.29, 0.717) is 5.56 Å². The molecular weight excluding hydrogens is 271 g/mol. The molecular formula is C16H12FN2S+. The molecule has 0 radical (unpaired) electrons. The van der Waals surface area contributed by atoms with Crippen molar-refractivity contribution in [2.75, 3.05) is 5.73 Å².